The van der Waals surface area contributed by atoms with Crippen molar-refractivity contribution in [3.63, 3.8) is 0 Å². The number of carbonyl (C=O) groups excluding carboxylic acids is 1. The van der Waals surface area contributed by atoms with E-state index < -0.39 is 34.2 Å². The van der Waals surface area contributed by atoms with Crippen LogP contribution < -0.4 is 0 Å². The summed E-state index contributed by atoms with van der Waals surface area (Å²) in [6, 6.07) is 0. The Balaban J connectivity index is 1.92. The smallest absolute Gasteiger partial charge is 0.162 e. The molecule has 2 saturated carbocycles. The van der Waals surface area contributed by atoms with E-state index in [0.29, 0.717) is 19.3 Å². The third-order valence-corrected chi connectivity index (χ3v) is 10.0. The highest BCUT2D eigenvalue weighted by molar-refractivity contribution is 5.95. The Kier molecular flexibility index (Phi) is 12.9. The summed E-state index contributed by atoms with van der Waals surface area (Å²) < 4.78 is 0. The first-order chi connectivity index (χ1) is 20.7. The fraction of sp³-hybridized carbons (Fsp3) is 0.525. The van der Waals surface area contributed by atoms with E-state index in [9.17, 15) is 25.2 Å². The summed E-state index contributed by atoms with van der Waals surface area (Å²) in [5.74, 6) is 0.0685. The molecular weight excluding hydrogens is 560 g/mol. The molecule has 0 aliphatic heterocycles. The molecule has 0 aromatic carbocycles. The van der Waals surface area contributed by atoms with Crippen LogP contribution in [-0.2, 0) is 4.79 Å². The molecule has 5 heteroatoms. The minimum Gasteiger partial charge on any atom is -0.393 e. The van der Waals surface area contributed by atoms with E-state index >= 15 is 0 Å². The molecule has 2 fully saturated rings. The van der Waals surface area contributed by atoms with E-state index in [2.05, 4.69) is 13.8 Å². The SMILES string of the molecule is CC(/C=C/C=C(C)/C=C/C(=O)[C@]1(C)C[C@@H](O)CC1(C)C)=C\C=C\C=C(C)\C=C\C=C(C)\C=C\[C@]1(O)C(C)(C)C[C@H](O)C[C@@]1(C)O. The quantitative estimate of drug-likeness (QED) is 0.139. The average Bonchev–Trinajstić information content (AvgIpc) is 3.12. The van der Waals surface area contributed by atoms with Crippen molar-refractivity contribution in [3.8, 4) is 0 Å². The highest BCUT2D eigenvalue weighted by atomic mass is 16.4. The van der Waals surface area contributed by atoms with Gasteiger partial charge in [-0.05, 0) is 71.4 Å². The Morgan fingerprint density at radius 3 is 1.44 bits per heavy atom. The van der Waals surface area contributed by atoms with Gasteiger partial charge in [0.15, 0.2) is 5.78 Å². The maximum absolute atomic E-state index is 12.9. The molecule has 4 N–H and O–H groups in total. The van der Waals surface area contributed by atoms with Crippen molar-refractivity contribution < 1.29 is 25.2 Å². The number of aliphatic hydroxyl groups is 4. The largest absolute Gasteiger partial charge is 0.393 e. The number of carbonyl (C=O) groups is 1. The Labute approximate surface area is 272 Å². The number of hydrogen-bond donors (Lipinski definition) is 4. The predicted molar refractivity (Wildman–Crippen MR) is 187 cm³/mol. The van der Waals surface area contributed by atoms with Gasteiger partial charge >= 0.3 is 0 Å². The minimum absolute atomic E-state index is 0.0685. The summed E-state index contributed by atoms with van der Waals surface area (Å²) in [4.78, 5) is 12.9. The highest BCUT2D eigenvalue weighted by Crippen LogP contribution is 2.53. The highest BCUT2D eigenvalue weighted by Gasteiger charge is 2.58. The van der Waals surface area contributed by atoms with Crippen LogP contribution in [-0.4, -0.2) is 49.6 Å². The van der Waals surface area contributed by atoms with Crippen LogP contribution in [0, 0.1) is 16.2 Å². The number of ketones is 1. The summed E-state index contributed by atoms with van der Waals surface area (Å²) in [5.41, 5.74) is -0.259. The summed E-state index contributed by atoms with van der Waals surface area (Å²) in [5, 5.41) is 42.6. The van der Waals surface area contributed by atoms with Gasteiger partial charge in [-0.15, -0.1) is 0 Å². The van der Waals surface area contributed by atoms with E-state index in [4.69, 9.17) is 0 Å². The van der Waals surface area contributed by atoms with Gasteiger partial charge in [0.05, 0.1) is 17.8 Å². The number of hydrogen-bond acceptors (Lipinski definition) is 5. The lowest BCUT2D eigenvalue weighted by Crippen LogP contribution is -2.65. The van der Waals surface area contributed by atoms with Crippen molar-refractivity contribution in [2.24, 2.45) is 16.2 Å². The van der Waals surface area contributed by atoms with Gasteiger partial charge in [0.25, 0.3) is 0 Å². The molecule has 0 aromatic rings. The maximum Gasteiger partial charge on any atom is 0.162 e. The van der Waals surface area contributed by atoms with Gasteiger partial charge in [-0.3, -0.25) is 4.79 Å². The molecule has 2 aliphatic rings. The van der Waals surface area contributed by atoms with Gasteiger partial charge in [-0.2, -0.15) is 0 Å². The zero-order chi connectivity index (χ0) is 34.3. The van der Waals surface area contributed by atoms with E-state index in [-0.39, 0.29) is 17.6 Å². The fourth-order valence-corrected chi connectivity index (χ4v) is 6.62. The van der Waals surface area contributed by atoms with Crippen molar-refractivity contribution in [1.82, 2.24) is 0 Å². The van der Waals surface area contributed by atoms with Gasteiger partial charge in [0, 0.05) is 17.3 Å². The van der Waals surface area contributed by atoms with Crippen LogP contribution in [0.4, 0.5) is 0 Å². The topological polar surface area (TPSA) is 98.0 Å². The van der Waals surface area contributed by atoms with Crippen LogP contribution in [0.2, 0.25) is 0 Å². The van der Waals surface area contributed by atoms with Crippen molar-refractivity contribution in [1.29, 1.82) is 0 Å². The summed E-state index contributed by atoms with van der Waals surface area (Å²) in [7, 11) is 0. The summed E-state index contributed by atoms with van der Waals surface area (Å²) >= 11 is 0. The molecule has 0 unspecified atom stereocenters. The molecule has 45 heavy (non-hydrogen) atoms. The minimum atomic E-state index is -1.46. The van der Waals surface area contributed by atoms with Gasteiger partial charge in [0.2, 0.25) is 0 Å². The van der Waals surface area contributed by atoms with Crippen LogP contribution in [0.1, 0.15) is 94.9 Å². The molecule has 0 aromatic heterocycles. The second-order valence-corrected chi connectivity index (χ2v) is 15.0. The van der Waals surface area contributed by atoms with Gasteiger partial charge in [-0.1, -0.05) is 130 Å². The first-order valence-corrected chi connectivity index (χ1v) is 16.1. The Bertz CT molecular complexity index is 1320. The van der Waals surface area contributed by atoms with E-state index in [1.165, 1.54) is 0 Å². The number of allylic oxidation sites excluding steroid dienone is 17. The van der Waals surface area contributed by atoms with Crippen molar-refractivity contribution in [2.45, 2.75) is 118 Å². The second-order valence-electron chi connectivity index (χ2n) is 15.0. The molecular formula is C40H58O5. The molecule has 5 atom stereocenters. The molecule has 0 saturated heterocycles. The molecule has 5 nitrogen and oxygen atoms in total. The van der Waals surface area contributed by atoms with Gasteiger partial charge in [-0.25, -0.2) is 0 Å². The third-order valence-electron chi connectivity index (χ3n) is 10.0. The van der Waals surface area contributed by atoms with E-state index in [0.717, 1.165) is 22.3 Å². The summed E-state index contributed by atoms with van der Waals surface area (Å²) in [6.07, 6.45) is 27.6. The zero-order valence-corrected chi connectivity index (χ0v) is 29.3. The molecule has 2 aliphatic carbocycles. The van der Waals surface area contributed by atoms with Crippen LogP contribution in [0.3, 0.4) is 0 Å². The van der Waals surface area contributed by atoms with Crippen LogP contribution in [0.25, 0.3) is 0 Å². The maximum atomic E-state index is 12.9. The zero-order valence-electron chi connectivity index (χ0n) is 29.3. The van der Waals surface area contributed by atoms with Crippen molar-refractivity contribution in [3.05, 3.63) is 107 Å². The van der Waals surface area contributed by atoms with E-state index in [1.54, 1.807) is 19.1 Å². The number of aliphatic hydroxyl groups excluding tert-OH is 2. The first kappa shape index (κ1) is 38.4. The lowest BCUT2D eigenvalue weighted by atomic mass is 9.57. The normalized spacial score (nSPS) is 33.6. The lowest BCUT2D eigenvalue weighted by Gasteiger charge is -2.54. The molecule has 0 heterocycles. The Morgan fingerprint density at radius 1 is 0.556 bits per heavy atom. The lowest BCUT2D eigenvalue weighted by molar-refractivity contribution is -0.216. The Hall–Kier alpha value is -2.83. The second kappa shape index (κ2) is 15.2. The van der Waals surface area contributed by atoms with Crippen LogP contribution in [0.15, 0.2) is 107 Å². The fourth-order valence-electron chi connectivity index (χ4n) is 6.62. The number of rotatable bonds is 11. The Morgan fingerprint density at radius 2 is 0.978 bits per heavy atom. The molecule has 0 amide bonds. The molecule has 0 radical (unpaired) electrons. The van der Waals surface area contributed by atoms with Crippen molar-refractivity contribution in [2.75, 3.05) is 0 Å². The van der Waals surface area contributed by atoms with Crippen molar-refractivity contribution >= 4 is 5.78 Å². The standard InChI is InChI=1S/C40H58O5/c1-29(17-13-19-31(3)21-22-35(43)38(9)27-33(41)25-36(38,5)6)15-11-12-16-30(2)18-14-20-32(4)23-24-40(45)37(7,8)26-34(42)28-39(40,10)44/h11-24,33-34,41-42,44-45H,25-28H2,1-10H3/b12-11+,17-13+,18-14+,22-21+,24-23+,29-15+,30-16+,31-19+,32-20+/t33-,34-,38-,39+,40-/m0/s1. The first-order valence-electron chi connectivity index (χ1n) is 16.1. The van der Waals surface area contributed by atoms with Gasteiger partial charge < -0.3 is 20.4 Å². The molecule has 248 valence electrons. The third kappa shape index (κ3) is 9.83. The van der Waals surface area contributed by atoms with Gasteiger partial charge in [0.1, 0.15) is 5.60 Å². The average molecular weight is 619 g/mol. The van der Waals surface area contributed by atoms with E-state index in [1.807, 2.05) is 121 Å². The van der Waals surface area contributed by atoms with Crippen LogP contribution in [0.5, 0.6) is 0 Å². The molecule has 2 rings (SSSR count). The van der Waals surface area contributed by atoms with Crippen LogP contribution >= 0.6 is 0 Å². The monoisotopic (exact) mass is 618 g/mol. The summed E-state index contributed by atoms with van der Waals surface area (Å²) in [6.45, 7) is 19.4. The predicted octanol–water partition coefficient (Wildman–Crippen LogP) is 7.97. The molecule has 0 bridgehead atoms. The molecule has 0 spiro atoms.